The van der Waals surface area contributed by atoms with Crippen LogP contribution in [0.15, 0.2) is 12.4 Å². The lowest BCUT2D eigenvalue weighted by molar-refractivity contribution is -0.125. The molecule has 9 atom stereocenters. The SMILES string of the molecule is CC(C)CCC[C@@H](C)[C@H]1CC[C@H]2[C@@H]3CCC4CCCC(c5ncc[nH]5)[C@]4(C)[C@H]3CC[C@]12C. The van der Waals surface area contributed by atoms with Crippen LogP contribution in [0.5, 0.6) is 0 Å². The van der Waals surface area contributed by atoms with Crippen LogP contribution in [-0.2, 0) is 0 Å². The molecule has 2 nitrogen and oxygen atoms in total. The van der Waals surface area contributed by atoms with E-state index in [4.69, 9.17) is 4.98 Å². The van der Waals surface area contributed by atoms with Crippen molar-refractivity contribution in [2.45, 2.75) is 118 Å². The quantitative estimate of drug-likeness (QED) is 0.473. The van der Waals surface area contributed by atoms with Gasteiger partial charge < -0.3 is 4.98 Å². The molecule has 0 bridgehead atoms. The zero-order chi connectivity index (χ0) is 22.5. The van der Waals surface area contributed by atoms with E-state index in [0.29, 0.717) is 16.7 Å². The molecule has 1 heterocycles. The Labute approximate surface area is 198 Å². The van der Waals surface area contributed by atoms with E-state index in [9.17, 15) is 0 Å². The van der Waals surface area contributed by atoms with Gasteiger partial charge in [-0.3, -0.25) is 0 Å². The van der Waals surface area contributed by atoms with E-state index in [1.165, 1.54) is 82.9 Å². The maximum atomic E-state index is 4.81. The van der Waals surface area contributed by atoms with Crippen molar-refractivity contribution >= 4 is 0 Å². The Morgan fingerprint density at radius 2 is 1.81 bits per heavy atom. The Morgan fingerprint density at radius 3 is 2.56 bits per heavy atom. The molecule has 4 saturated carbocycles. The Kier molecular flexibility index (Phi) is 6.30. The molecule has 0 aliphatic heterocycles. The molecular weight excluding hydrogens is 388 g/mol. The van der Waals surface area contributed by atoms with Gasteiger partial charge in [-0.05, 0) is 104 Å². The van der Waals surface area contributed by atoms with E-state index in [-0.39, 0.29) is 0 Å². The van der Waals surface area contributed by atoms with Crippen molar-refractivity contribution in [3.63, 3.8) is 0 Å². The van der Waals surface area contributed by atoms with Crippen molar-refractivity contribution in [1.29, 1.82) is 0 Å². The molecule has 0 aromatic carbocycles. The van der Waals surface area contributed by atoms with Crippen LogP contribution in [-0.4, -0.2) is 9.97 Å². The molecule has 1 aromatic rings. The number of aromatic amines is 1. The summed E-state index contributed by atoms with van der Waals surface area (Å²) in [5.41, 5.74) is 1.07. The number of hydrogen-bond donors (Lipinski definition) is 1. The van der Waals surface area contributed by atoms with Gasteiger partial charge >= 0.3 is 0 Å². The summed E-state index contributed by atoms with van der Waals surface area (Å²) in [4.78, 5) is 8.37. The summed E-state index contributed by atoms with van der Waals surface area (Å²) in [5, 5.41) is 0. The summed E-state index contributed by atoms with van der Waals surface area (Å²) in [7, 11) is 0. The first kappa shape index (κ1) is 23.0. The molecule has 4 fully saturated rings. The zero-order valence-corrected chi connectivity index (χ0v) is 21.7. The fourth-order valence-corrected chi connectivity index (χ4v) is 10.3. The molecule has 32 heavy (non-hydrogen) atoms. The Bertz CT molecular complexity index is 753. The summed E-state index contributed by atoms with van der Waals surface area (Å²) >= 11 is 0. The average Bonchev–Trinajstić information content (AvgIpc) is 3.40. The second kappa shape index (κ2) is 8.77. The van der Waals surface area contributed by atoms with E-state index in [2.05, 4.69) is 45.8 Å². The van der Waals surface area contributed by atoms with Crippen LogP contribution in [0.1, 0.15) is 123 Å². The highest BCUT2D eigenvalue weighted by Gasteiger charge is 2.62. The first-order chi connectivity index (χ1) is 15.4. The maximum absolute atomic E-state index is 4.81. The summed E-state index contributed by atoms with van der Waals surface area (Å²) in [5.74, 6) is 8.49. The monoisotopic (exact) mass is 438 g/mol. The normalized spacial score (nSPS) is 44.7. The number of hydrogen-bond acceptors (Lipinski definition) is 1. The number of fused-ring (bicyclic) bond motifs is 5. The first-order valence-electron chi connectivity index (χ1n) is 14.3. The molecular formula is C30H50N2. The molecule has 180 valence electrons. The van der Waals surface area contributed by atoms with Crippen LogP contribution in [0.25, 0.3) is 0 Å². The minimum atomic E-state index is 0.460. The fraction of sp³-hybridized carbons (Fsp3) is 0.900. The average molecular weight is 439 g/mol. The number of nitrogens with zero attached hydrogens (tertiary/aromatic N) is 1. The van der Waals surface area contributed by atoms with Crippen molar-refractivity contribution in [1.82, 2.24) is 9.97 Å². The highest BCUT2D eigenvalue weighted by atomic mass is 14.9. The van der Waals surface area contributed by atoms with E-state index < -0.39 is 0 Å². The van der Waals surface area contributed by atoms with Gasteiger partial charge in [0.25, 0.3) is 0 Å². The Hall–Kier alpha value is -0.790. The smallest absolute Gasteiger partial charge is 0.109 e. The van der Waals surface area contributed by atoms with Crippen LogP contribution in [0.3, 0.4) is 0 Å². The third-order valence-corrected chi connectivity index (χ3v) is 11.8. The largest absolute Gasteiger partial charge is 0.348 e. The summed E-state index contributed by atoms with van der Waals surface area (Å²) < 4.78 is 0. The van der Waals surface area contributed by atoms with Crippen LogP contribution in [0, 0.1) is 52.3 Å². The molecule has 0 amide bonds. The van der Waals surface area contributed by atoms with Gasteiger partial charge in [0.2, 0.25) is 0 Å². The summed E-state index contributed by atoms with van der Waals surface area (Å²) in [6.07, 6.45) is 21.6. The highest BCUT2D eigenvalue weighted by molar-refractivity contribution is 5.16. The molecule has 0 radical (unpaired) electrons. The van der Waals surface area contributed by atoms with Crippen molar-refractivity contribution < 1.29 is 0 Å². The minimum absolute atomic E-state index is 0.460. The fourth-order valence-electron chi connectivity index (χ4n) is 10.3. The van der Waals surface area contributed by atoms with Crippen LogP contribution in [0.4, 0.5) is 0 Å². The first-order valence-corrected chi connectivity index (χ1v) is 14.3. The van der Waals surface area contributed by atoms with Gasteiger partial charge in [-0.25, -0.2) is 4.98 Å². The second-order valence-corrected chi connectivity index (χ2v) is 13.5. The maximum Gasteiger partial charge on any atom is 0.109 e. The molecule has 2 unspecified atom stereocenters. The van der Waals surface area contributed by atoms with Gasteiger partial charge in [-0.15, -0.1) is 0 Å². The Morgan fingerprint density at radius 1 is 0.969 bits per heavy atom. The second-order valence-electron chi connectivity index (χ2n) is 13.5. The zero-order valence-electron chi connectivity index (χ0n) is 21.7. The predicted molar refractivity (Wildman–Crippen MR) is 134 cm³/mol. The highest BCUT2D eigenvalue weighted by Crippen LogP contribution is 2.70. The van der Waals surface area contributed by atoms with Gasteiger partial charge in [-0.1, -0.05) is 60.3 Å². The predicted octanol–water partition coefficient (Wildman–Crippen LogP) is 8.61. The van der Waals surface area contributed by atoms with Gasteiger partial charge in [-0.2, -0.15) is 0 Å². The van der Waals surface area contributed by atoms with Crippen molar-refractivity contribution in [2.24, 2.45) is 52.3 Å². The lowest BCUT2D eigenvalue weighted by Gasteiger charge is -2.62. The minimum Gasteiger partial charge on any atom is -0.348 e. The molecule has 1 N–H and O–H groups in total. The number of H-pyrrole nitrogens is 1. The third-order valence-electron chi connectivity index (χ3n) is 11.8. The van der Waals surface area contributed by atoms with E-state index in [1.807, 2.05) is 6.20 Å². The molecule has 5 rings (SSSR count). The van der Waals surface area contributed by atoms with Gasteiger partial charge in [0, 0.05) is 18.3 Å². The van der Waals surface area contributed by atoms with E-state index in [1.54, 1.807) is 0 Å². The lowest BCUT2D eigenvalue weighted by atomic mass is 9.42. The number of imidazole rings is 1. The van der Waals surface area contributed by atoms with Gasteiger partial charge in [0.15, 0.2) is 0 Å². The number of nitrogens with one attached hydrogen (secondary N) is 1. The van der Waals surface area contributed by atoms with Crippen molar-refractivity contribution in [3.05, 3.63) is 18.2 Å². The van der Waals surface area contributed by atoms with Crippen LogP contribution in [0.2, 0.25) is 0 Å². The van der Waals surface area contributed by atoms with Gasteiger partial charge in [0.05, 0.1) is 0 Å². The van der Waals surface area contributed by atoms with Gasteiger partial charge in [0.1, 0.15) is 5.82 Å². The Balaban J connectivity index is 1.36. The molecule has 1 aromatic heterocycles. The topological polar surface area (TPSA) is 28.7 Å². The third kappa shape index (κ3) is 3.61. The molecule has 4 aliphatic carbocycles. The van der Waals surface area contributed by atoms with E-state index in [0.717, 1.165) is 41.4 Å². The number of aromatic nitrogens is 2. The molecule has 2 heteroatoms. The summed E-state index contributed by atoms with van der Waals surface area (Å²) in [6, 6.07) is 0. The van der Waals surface area contributed by atoms with E-state index >= 15 is 0 Å². The van der Waals surface area contributed by atoms with Crippen molar-refractivity contribution in [3.8, 4) is 0 Å². The lowest BCUT2D eigenvalue weighted by Crippen LogP contribution is -2.55. The molecule has 0 saturated heterocycles. The van der Waals surface area contributed by atoms with Crippen LogP contribution >= 0.6 is 0 Å². The summed E-state index contributed by atoms with van der Waals surface area (Å²) in [6.45, 7) is 12.8. The molecule has 0 spiro atoms. The standard InChI is InChI=1S/C30H50N2/c1-20(2)8-6-9-21(3)24-14-15-25-23-13-12-22-10-7-11-27(28-31-18-19-32-28)30(22,5)26(23)16-17-29(24,25)4/h18-27H,6-17H2,1-5H3,(H,31,32)/t21-,22?,23+,24-,25+,26+,27?,29-,30+/m1/s1. The van der Waals surface area contributed by atoms with Crippen LogP contribution < -0.4 is 0 Å². The number of rotatable bonds is 6. The molecule has 4 aliphatic rings. The van der Waals surface area contributed by atoms with Crippen molar-refractivity contribution in [2.75, 3.05) is 0 Å².